The van der Waals surface area contributed by atoms with E-state index < -0.39 is 0 Å². The van der Waals surface area contributed by atoms with E-state index in [2.05, 4.69) is 39.6 Å². The zero-order chi connectivity index (χ0) is 22.6. The Kier molecular flexibility index (Phi) is 9.92. The number of benzene rings is 1. The number of hydrogen-bond donors (Lipinski definition) is 0. The number of rotatable bonds is 15. The molecule has 1 atom stereocenters. The van der Waals surface area contributed by atoms with E-state index in [1.165, 1.54) is 30.5 Å². The first kappa shape index (κ1) is 24.1. The highest BCUT2D eigenvalue weighted by Crippen LogP contribution is 2.41. The molecule has 0 spiro atoms. The van der Waals surface area contributed by atoms with E-state index in [0.29, 0.717) is 18.9 Å². The predicted molar refractivity (Wildman–Crippen MR) is 128 cm³/mol. The van der Waals surface area contributed by atoms with E-state index in [9.17, 15) is 4.79 Å². The van der Waals surface area contributed by atoms with Gasteiger partial charge in [0.15, 0.2) is 0 Å². The van der Waals surface area contributed by atoms with Gasteiger partial charge >= 0.3 is 5.97 Å². The number of esters is 1. The molecule has 0 fully saturated rings. The number of aromatic nitrogens is 2. The minimum atomic E-state index is -0.101. The lowest BCUT2D eigenvalue weighted by molar-refractivity contribution is -0.143. The minimum absolute atomic E-state index is 0.101. The molecule has 0 bridgehead atoms. The van der Waals surface area contributed by atoms with Crippen LogP contribution < -0.4 is 9.64 Å². The number of nitrogens with zero attached hydrogens (tertiary/aromatic N) is 3. The van der Waals surface area contributed by atoms with Gasteiger partial charge in [-0.05, 0) is 56.4 Å². The van der Waals surface area contributed by atoms with Crippen molar-refractivity contribution in [2.24, 2.45) is 0 Å². The van der Waals surface area contributed by atoms with Crippen LogP contribution in [0, 0.1) is 0 Å². The van der Waals surface area contributed by atoms with Gasteiger partial charge in [0.2, 0.25) is 0 Å². The quantitative estimate of drug-likeness (QED) is 0.267. The van der Waals surface area contributed by atoms with Crippen LogP contribution >= 0.6 is 0 Å². The van der Waals surface area contributed by atoms with E-state index in [4.69, 9.17) is 9.47 Å². The largest absolute Gasteiger partial charge is 0.494 e. The Morgan fingerprint density at radius 3 is 2.81 bits per heavy atom. The highest BCUT2D eigenvalue weighted by molar-refractivity contribution is 5.69. The van der Waals surface area contributed by atoms with Gasteiger partial charge in [0.1, 0.15) is 5.75 Å². The molecule has 6 heteroatoms. The second-order valence-electron chi connectivity index (χ2n) is 8.62. The van der Waals surface area contributed by atoms with E-state index in [1.54, 1.807) is 0 Å². The van der Waals surface area contributed by atoms with Crippen LogP contribution in [0.2, 0.25) is 0 Å². The fraction of sp³-hybridized carbons (Fsp3) is 0.615. The number of carbonyl (C=O) groups excluding carboxylic acids is 1. The molecule has 0 N–H and O–H groups in total. The van der Waals surface area contributed by atoms with Crippen LogP contribution in [-0.4, -0.2) is 41.8 Å². The van der Waals surface area contributed by atoms with Crippen molar-refractivity contribution in [3.63, 3.8) is 0 Å². The molecule has 176 valence electrons. The number of imidazole rings is 1. The molecule has 1 aliphatic rings. The summed E-state index contributed by atoms with van der Waals surface area (Å²) < 4.78 is 13.3. The third-order valence-electron chi connectivity index (χ3n) is 6.13. The molecule has 6 nitrogen and oxygen atoms in total. The molecule has 0 amide bonds. The number of unbranched alkanes of at least 4 members (excludes halogenated alkanes) is 3. The van der Waals surface area contributed by atoms with Gasteiger partial charge in [-0.15, -0.1) is 0 Å². The Hall–Kier alpha value is -2.50. The molecule has 0 aliphatic carbocycles. The third-order valence-corrected chi connectivity index (χ3v) is 6.13. The van der Waals surface area contributed by atoms with Crippen LogP contribution in [0.25, 0.3) is 0 Å². The monoisotopic (exact) mass is 441 g/mol. The summed E-state index contributed by atoms with van der Waals surface area (Å²) in [5.41, 5.74) is 2.68. The van der Waals surface area contributed by atoms with Gasteiger partial charge in [0.05, 0.1) is 19.5 Å². The average molecular weight is 442 g/mol. The van der Waals surface area contributed by atoms with E-state index in [1.807, 2.05) is 25.6 Å². The number of carbonyl (C=O) groups is 1. The van der Waals surface area contributed by atoms with Crippen molar-refractivity contribution < 1.29 is 14.3 Å². The van der Waals surface area contributed by atoms with Crippen LogP contribution in [0.3, 0.4) is 0 Å². The van der Waals surface area contributed by atoms with Gasteiger partial charge in [0.25, 0.3) is 0 Å². The first-order valence-corrected chi connectivity index (χ1v) is 12.3. The lowest BCUT2D eigenvalue weighted by Crippen LogP contribution is -2.24. The van der Waals surface area contributed by atoms with Gasteiger partial charge in [-0.3, -0.25) is 4.79 Å². The third kappa shape index (κ3) is 7.28. The van der Waals surface area contributed by atoms with Crippen LogP contribution in [0.1, 0.15) is 76.7 Å². The molecular weight excluding hydrogens is 402 g/mol. The molecule has 0 saturated heterocycles. The summed E-state index contributed by atoms with van der Waals surface area (Å²) in [5, 5.41) is 0. The highest BCUT2D eigenvalue weighted by atomic mass is 16.5. The molecule has 2 aromatic rings. The normalized spacial score (nSPS) is 15.1. The van der Waals surface area contributed by atoms with Gasteiger partial charge < -0.3 is 18.9 Å². The maximum absolute atomic E-state index is 11.7. The summed E-state index contributed by atoms with van der Waals surface area (Å²) in [4.78, 5) is 18.3. The molecule has 1 unspecified atom stereocenters. The van der Waals surface area contributed by atoms with Crippen LogP contribution in [0.15, 0.2) is 36.9 Å². The Morgan fingerprint density at radius 1 is 1.12 bits per heavy atom. The second kappa shape index (κ2) is 13.1. The zero-order valence-electron chi connectivity index (χ0n) is 19.8. The Bertz CT molecular complexity index is 807. The van der Waals surface area contributed by atoms with Crippen LogP contribution in [0.4, 0.5) is 5.69 Å². The molecule has 1 aromatic heterocycles. The van der Waals surface area contributed by atoms with Crippen molar-refractivity contribution in [3.8, 4) is 5.75 Å². The molecule has 1 aromatic carbocycles. The van der Waals surface area contributed by atoms with Crippen molar-refractivity contribution >= 4 is 11.7 Å². The molecule has 3 rings (SSSR count). The standard InChI is InChI=1S/C26H39N3O3/c1-3-5-6-7-18-32-23-12-13-25-24(19-23)22(10-8-15-28-17-14-27-21-28)20-29(25)16-9-11-26(30)31-4-2/h12-14,17,19,21-22H,3-11,15-16,18,20H2,1-2H3. The van der Waals surface area contributed by atoms with E-state index in [0.717, 1.165) is 57.7 Å². The number of aryl methyl sites for hydroxylation is 1. The van der Waals surface area contributed by atoms with Gasteiger partial charge in [-0.25, -0.2) is 4.98 Å². The maximum atomic E-state index is 11.7. The summed E-state index contributed by atoms with van der Waals surface area (Å²) in [5.74, 6) is 1.36. The maximum Gasteiger partial charge on any atom is 0.305 e. The van der Waals surface area contributed by atoms with Crippen molar-refractivity contribution in [1.82, 2.24) is 9.55 Å². The lowest BCUT2D eigenvalue weighted by Gasteiger charge is -2.20. The van der Waals surface area contributed by atoms with Crippen molar-refractivity contribution in [1.29, 1.82) is 0 Å². The topological polar surface area (TPSA) is 56.6 Å². The molecule has 2 heterocycles. The molecule has 32 heavy (non-hydrogen) atoms. The second-order valence-corrected chi connectivity index (χ2v) is 8.62. The molecule has 1 aliphatic heterocycles. The summed E-state index contributed by atoms with van der Waals surface area (Å²) in [6, 6.07) is 6.56. The van der Waals surface area contributed by atoms with Gasteiger partial charge in [0, 0.05) is 50.1 Å². The summed E-state index contributed by atoms with van der Waals surface area (Å²) in [6.07, 6.45) is 14.1. The number of ether oxygens (including phenoxy) is 2. The van der Waals surface area contributed by atoms with Crippen molar-refractivity contribution in [2.45, 2.75) is 77.7 Å². The van der Waals surface area contributed by atoms with Gasteiger partial charge in [-0.2, -0.15) is 0 Å². The Morgan fingerprint density at radius 2 is 2.03 bits per heavy atom. The predicted octanol–water partition coefficient (Wildman–Crippen LogP) is 5.57. The van der Waals surface area contributed by atoms with Crippen LogP contribution in [0.5, 0.6) is 5.75 Å². The SMILES string of the molecule is CCCCCCOc1ccc2c(c1)C(CCCn1ccnc1)CN2CCCC(=O)OCC. The number of anilines is 1. The van der Waals surface area contributed by atoms with E-state index in [-0.39, 0.29) is 5.97 Å². The van der Waals surface area contributed by atoms with Crippen molar-refractivity contribution in [3.05, 3.63) is 42.5 Å². The summed E-state index contributed by atoms with van der Waals surface area (Å²) in [6.45, 7) is 8.18. The Labute approximate surface area is 192 Å². The van der Waals surface area contributed by atoms with Crippen LogP contribution in [-0.2, 0) is 16.1 Å². The summed E-state index contributed by atoms with van der Waals surface area (Å²) in [7, 11) is 0. The number of hydrogen-bond acceptors (Lipinski definition) is 5. The summed E-state index contributed by atoms with van der Waals surface area (Å²) >= 11 is 0. The first-order chi connectivity index (χ1) is 15.7. The average Bonchev–Trinajstić information content (AvgIpc) is 3.42. The minimum Gasteiger partial charge on any atom is -0.494 e. The zero-order valence-corrected chi connectivity index (χ0v) is 19.8. The highest BCUT2D eigenvalue weighted by Gasteiger charge is 2.28. The number of fused-ring (bicyclic) bond motifs is 1. The van der Waals surface area contributed by atoms with E-state index >= 15 is 0 Å². The lowest BCUT2D eigenvalue weighted by atomic mass is 9.96. The smallest absolute Gasteiger partial charge is 0.305 e. The molecule has 0 radical (unpaired) electrons. The fourth-order valence-electron chi connectivity index (χ4n) is 4.46. The first-order valence-electron chi connectivity index (χ1n) is 12.3. The molecule has 0 saturated carbocycles. The van der Waals surface area contributed by atoms with Crippen molar-refractivity contribution in [2.75, 3.05) is 31.2 Å². The Balaban J connectivity index is 1.59. The molecular formula is C26H39N3O3. The fourth-order valence-corrected chi connectivity index (χ4v) is 4.46. The van der Waals surface area contributed by atoms with Gasteiger partial charge in [-0.1, -0.05) is 26.2 Å².